The van der Waals surface area contributed by atoms with Crippen LogP contribution in [0.2, 0.25) is 0 Å². The smallest absolute Gasteiger partial charge is 0.281 e. The van der Waals surface area contributed by atoms with E-state index < -0.39 is 10.2 Å². The first-order chi connectivity index (χ1) is 8.93. The Bertz CT molecular complexity index is 351. The van der Waals surface area contributed by atoms with E-state index >= 15 is 0 Å². The van der Waals surface area contributed by atoms with E-state index in [1.165, 1.54) is 4.31 Å². The first-order valence-electron chi connectivity index (χ1n) is 7.31. The van der Waals surface area contributed by atoms with Crippen molar-refractivity contribution in [2.75, 3.05) is 33.7 Å². The monoisotopic (exact) mass is 291 g/mol. The molecule has 0 aromatic carbocycles. The molecule has 1 unspecified atom stereocenters. The van der Waals surface area contributed by atoms with Gasteiger partial charge in [0.1, 0.15) is 0 Å². The fourth-order valence-corrected chi connectivity index (χ4v) is 4.24. The molecule has 0 saturated carbocycles. The van der Waals surface area contributed by atoms with E-state index in [2.05, 4.69) is 12.2 Å². The zero-order valence-electron chi connectivity index (χ0n) is 12.7. The minimum Gasteiger partial charge on any atom is -0.319 e. The second-order valence-electron chi connectivity index (χ2n) is 5.56. The summed E-state index contributed by atoms with van der Waals surface area (Å²) in [5.74, 6) is 0.606. The molecule has 0 aromatic rings. The molecule has 0 radical (unpaired) electrons. The molecule has 1 N–H and O–H groups in total. The van der Waals surface area contributed by atoms with Crippen LogP contribution in [0.4, 0.5) is 0 Å². The maximum Gasteiger partial charge on any atom is 0.281 e. The number of rotatable bonds is 7. The third kappa shape index (κ3) is 4.41. The lowest BCUT2D eigenvalue weighted by Crippen LogP contribution is -2.49. The van der Waals surface area contributed by atoms with Crippen molar-refractivity contribution in [1.82, 2.24) is 13.9 Å². The molecule has 1 atom stereocenters. The molecule has 6 heteroatoms. The van der Waals surface area contributed by atoms with Gasteiger partial charge in [-0.25, -0.2) is 0 Å². The molecule has 0 bridgehead atoms. The van der Waals surface area contributed by atoms with Gasteiger partial charge in [-0.15, -0.1) is 0 Å². The van der Waals surface area contributed by atoms with Crippen molar-refractivity contribution >= 4 is 10.2 Å². The number of nitrogens with one attached hydrogen (secondary N) is 1. The van der Waals surface area contributed by atoms with Crippen LogP contribution in [-0.4, -0.2) is 56.8 Å². The van der Waals surface area contributed by atoms with Crippen LogP contribution >= 0.6 is 0 Å². The minimum atomic E-state index is -3.28. The maximum absolute atomic E-state index is 12.5. The third-order valence-corrected chi connectivity index (χ3v) is 6.19. The van der Waals surface area contributed by atoms with E-state index in [1.54, 1.807) is 11.4 Å². The van der Waals surface area contributed by atoms with Crippen LogP contribution < -0.4 is 5.32 Å². The molecule has 0 aromatic heterocycles. The summed E-state index contributed by atoms with van der Waals surface area (Å²) in [5, 5.41) is 3.17. The zero-order valence-corrected chi connectivity index (χ0v) is 13.5. The normalized spacial score (nSPS) is 20.9. The van der Waals surface area contributed by atoms with Gasteiger partial charge in [-0.05, 0) is 45.7 Å². The number of hydrogen-bond donors (Lipinski definition) is 1. The molecule has 1 heterocycles. The number of nitrogens with zero attached hydrogens (tertiary/aromatic N) is 2. The second kappa shape index (κ2) is 7.57. The summed E-state index contributed by atoms with van der Waals surface area (Å²) in [6, 6.07) is 0.0741. The summed E-state index contributed by atoms with van der Waals surface area (Å²) >= 11 is 0. The molecule has 19 heavy (non-hydrogen) atoms. The van der Waals surface area contributed by atoms with Gasteiger partial charge in [0.2, 0.25) is 0 Å². The fraction of sp³-hybridized carbons (Fsp3) is 1.00. The van der Waals surface area contributed by atoms with Gasteiger partial charge < -0.3 is 5.32 Å². The van der Waals surface area contributed by atoms with Crippen LogP contribution in [0.15, 0.2) is 0 Å². The average molecular weight is 291 g/mol. The summed E-state index contributed by atoms with van der Waals surface area (Å²) in [6.45, 7) is 6.35. The largest absolute Gasteiger partial charge is 0.319 e. The Hall–Kier alpha value is -0.170. The number of piperidine rings is 1. The van der Waals surface area contributed by atoms with Crippen molar-refractivity contribution < 1.29 is 8.42 Å². The molecule has 114 valence electrons. The van der Waals surface area contributed by atoms with Gasteiger partial charge in [0.05, 0.1) is 0 Å². The second-order valence-corrected chi connectivity index (χ2v) is 7.55. The highest BCUT2D eigenvalue weighted by Gasteiger charge is 2.32. The summed E-state index contributed by atoms with van der Waals surface area (Å²) in [7, 11) is 0.376. The summed E-state index contributed by atoms with van der Waals surface area (Å²) in [4.78, 5) is 0. The van der Waals surface area contributed by atoms with Crippen LogP contribution in [0.5, 0.6) is 0 Å². The summed E-state index contributed by atoms with van der Waals surface area (Å²) < 4.78 is 28.2. The molecule has 1 aliphatic rings. The van der Waals surface area contributed by atoms with Crippen molar-refractivity contribution in [1.29, 1.82) is 0 Å². The van der Waals surface area contributed by atoms with Crippen molar-refractivity contribution in [3.8, 4) is 0 Å². The lowest BCUT2D eigenvalue weighted by molar-refractivity contribution is 0.246. The Labute approximate surface area is 118 Å². The van der Waals surface area contributed by atoms with Crippen LogP contribution in [0, 0.1) is 5.92 Å². The first-order valence-corrected chi connectivity index (χ1v) is 8.70. The first kappa shape index (κ1) is 16.9. The molecular formula is C13H29N3O2S. The minimum absolute atomic E-state index is 0.0741. The summed E-state index contributed by atoms with van der Waals surface area (Å²) in [5.41, 5.74) is 0. The number of hydrogen-bond acceptors (Lipinski definition) is 3. The van der Waals surface area contributed by atoms with Gasteiger partial charge in [0.25, 0.3) is 10.2 Å². The van der Waals surface area contributed by atoms with E-state index in [0.29, 0.717) is 19.0 Å². The van der Waals surface area contributed by atoms with E-state index in [0.717, 1.165) is 32.2 Å². The van der Waals surface area contributed by atoms with E-state index in [-0.39, 0.29) is 6.04 Å². The van der Waals surface area contributed by atoms with Crippen LogP contribution in [0.25, 0.3) is 0 Å². The van der Waals surface area contributed by atoms with Crippen LogP contribution in [0.3, 0.4) is 0 Å². The highest BCUT2D eigenvalue weighted by Crippen LogP contribution is 2.22. The summed E-state index contributed by atoms with van der Waals surface area (Å²) in [6.07, 6.45) is 3.82. The molecule has 0 amide bonds. The molecule has 1 aliphatic heterocycles. The molecule has 1 rings (SSSR count). The Morgan fingerprint density at radius 2 is 1.95 bits per heavy atom. The molecule has 0 spiro atoms. The van der Waals surface area contributed by atoms with Gasteiger partial charge in [-0.3, -0.25) is 0 Å². The lowest BCUT2D eigenvalue weighted by Gasteiger charge is -2.35. The molecule has 1 saturated heterocycles. The van der Waals surface area contributed by atoms with Crippen molar-refractivity contribution in [2.24, 2.45) is 5.92 Å². The fourth-order valence-electron chi connectivity index (χ4n) is 2.64. The van der Waals surface area contributed by atoms with Gasteiger partial charge in [0, 0.05) is 26.2 Å². The van der Waals surface area contributed by atoms with Gasteiger partial charge in [-0.1, -0.05) is 13.3 Å². The van der Waals surface area contributed by atoms with Crippen LogP contribution in [0.1, 0.15) is 39.5 Å². The van der Waals surface area contributed by atoms with E-state index in [1.807, 2.05) is 14.0 Å². The predicted molar refractivity (Wildman–Crippen MR) is 79.3 cm³/mol. The van der Waals surface area contributed by atoms with Crippen molar-refractivity contribution in [2.45, 2.75) is 45.6 Å². The zero-order chi connectivity index (χ0) is 14.5. The average Bonchev–Trinajstić information content (AvgIpc) is 2.39. The quantitative estimate of drug-likeness (QED) is 0.769. The molecule has 0 aliphatic carbocycles. The lowest BCUT2D eigenvalue weighted by atomic mass is 9.98. The Kier molecular flexibility index (Phi) is 6.73. The molecule has 1 fully saturated rings. The standard InChI is InChI=1S/C13H29N3O2S/c1-5-6-12(2)15(4)19(17,18)16-9-7-13(8-10-16)11-14-3/h12-14H,5-11H2,1-4H3. The van der Waals surface area contributed by atoms with Gasteiger partial charge in [0.15, 0.2) is 0 Å². The highest BCUT2D eigenvalue weighted by molar-refractivity contribution is 7.86. The van der Waals surface area contributed by atoms with Gasteiger partial charge in [-0.2, -0.15) is 17.0 Å². The van der Waals surface area contributed by atoms with Crippen molar-refractivity contribution in [3.05, 3.63) is 0 Å². The van der Waals surface area contributed by atoms with Gasteiger partial charge >= 0.3 is 0 Å². The third-order valence-electron chi connectivity index (χ3n) is 4.08. The topological polar surface area (TPSA) is 52.7 Å². The SMILES string of the molecule is CCCC(C)N(C)S(=O)(=O)N1CCC(CNC)CC1. The predicted octanol–water partition coefficient (Wildman–Crippen LogP) is 1.28. The molecular weight excluding hydrogens is 262 g/mol. The van der Waals surface area contributed by atoms with E-state index in [9.17, 15) is 8.42 Å². The van der Waals surface area contributed by atoms with Crippen LogP contribution in [-0.2, 0) is 10.2 Å². The Balaban J connectivity index is 2.59. The maximum atomic E-state index is 12.5. The highest BCUT2D eigenvalue weighted by atomic mass is 32.2. The Morgan fingerprint density at radius 3 is 2.42 bits per heavy atom. The van der Waals surface area contributed by atoms with E-state index in [4.69, 9.17) is 0 Å². The molecule has 5 nitrogen and oxygen atoms in total. The Morgan fingerprint density at radius 1 is 1.37 bits per heavy atom. The van der Waals surface area contributed by atoms with Crippen molar-refractivity contribution in [3.63, 3.8) is 0 Å².